The molecule has 0 bridgehead atoms. The third-order valence-corrected chi connectivity index (χ3v) is 3.29. The minimum absolute atomic E-state index is 0.177. The van der Waals surface area contributed by atoms with Crippen LogP contribution in [-0.2, 0) is 11.3 Å². The van der Waals surface area contributed by atoms with Crippen molar-refractivity contribution in [2.24, 2.45) is 0 Å². The van der Waals surface area contributed by atoms with Crippen LogP contribution >= 0.6 is 0 Å². The van der Waals surface area contributed by atoms with E-state index in [-0.39, 0.29) is 12.2 Å². The van der Waals surface area contributed by atoms with E-state index in [9.17, 15) is 19.3 Å². The summed E-state index contributed by atoms with van der Waals surface area (Å²) in [5.74, 6) is -0.880. The zero-order valence-corrected chi connectivity index (χ0v) is 13.4. The lowest BCUT2D eigenvalue weighted by Gasteiger charge is -2.05. The Labute approximate surface area is 144 Å². The van der Waals surface area contributed by atoms with Gasteiger partial charge in [-0.2, -0.15) is 4.39 Å². The smallest absolute Gasteiger partial charge is 0.407 e. The van der Waals surface area contributed by atoms with E-state index in [2.05, 4.69) is 5.32 Å². The molecule has 25 heavy (non-hydrogen) atoms. The Bertz CT molecular complexity index is 763. The van der Waals surface area contributed by atoms with Crippen LogP contribution in [0.2, 0.25) is 0 Å². The van der Waals surface area contributed by atoms with Gasteiger partial charge in [0.2, 0.25) is 5.82 Å². The number of alkyl carbamates (subject to hydrolysis) is 1. The van der Waals surface area contributed by atoms with Crippen molar-refractivity contribution in [2.45, 2.75) is 13.0 Å². The van der Waals surface area contributed by atoms with Gasteiger partial charge in [0.05, 0.1) is 10.5 Å². The van der Waals surface area contributed by atoms with Gasteiger partial charge in [-0.1, -0.05) is 48.6 Å². The summed E-state index contributed by atoms with van der Waals surface area (Å²) in [5, 5.41) is 13.4. The van der Waals surface area contributed by atoms with E-state index in [0.717, 1.165) is 11.6 Å². The van der Waals surface area contributed by atoms with Crippen molar-refractivity contribution in [2.75, 3.05) is 6.54 Å². The minimum Gasteiger partial charge on any atom is -0.445 e. The average molecular weight is 344 g/mol. The Morgan fingerprint density at radius 3 is 2.68 bits per heavy atom. The summed E-state index contributed by atoms with van der Waals surface area (Å²) in [7, 11) is 0. The molecule has 0 aliphatic heterocycles. The molecule has 2 aromatic rings. The number of amides is 1. The maximum absolute atomic E-state index is 13.5. The number of nitro groups is 1. The highest BCUT2D eigenvalue weighted by atomic mass is 19.1. The van der Waals surface area contributed by atoms with Crippen molar-refractivity contribution in [3.63, 3.8) is 0 Å². The van der Waals surface area contributed by atoms with Crippen LogP contribution in [0, 0.1) is 15.9 Å². The van der Waals surface area contributed by atoms with Crippen molar-refractivity contribution in [3.8, 4) is 0 Å². The minimum atomic E-state index is -0.880. The van der Waals surface area contributed by atoms with Crippen molar-refractivity contribution in [1.82, 2.24) is 5.32 Å². The van der Waals surface area contributed by atoms with E-state index >= 15 is 0 Å². The molecule has 0 fully saturated rings. The third-order valence-electron chi connectivity index (χ3n) is 3.29. The zero-order chi connectivity index (χ0) is 18.1. The van der Waals surface area contributed by atoms with Gasteiger partial charge in [0, 0.05) is 6.54 Å². The quantitative estimate of drug-likeness (QED) is 0.466. The molecule has 1 amide bonds. The van der Waals surface area contributed by atoms with Crippen LogP contribution in [-0.4, -0.2) is 17.6 Å². The predicted molar refractivity (Wildman–Crippen MR) is 91.3 cm³/mol. The van der Waals surface area contributed by atoms with Gasteiger partial charge in [0.25, 0.3) is 0 Å². The Morgan fingerprint density at radius 1 is 1.20 bits per heavy atom. The fourth-order valence-electron chi connectivity index (χ4n) is 2.10. The molecule has 0 spiro atoms. The number of benzene rings is 2. The van der Waals surface area contributed by atoms with Crippen molar-refractivity contribution in [3.05, 3.63) is 81.7 Å². The normalized spacial score (nSPS) is 10.6. The SMILES string of the molecule is O=C(NCCC=Cc1cccc(F)c1[N+](=O)[O-])OCc1ccccc1. The summed E-state index contributed by atoms with van der Waals surface area (Å²) in [4.78, 5) is 21.7. The number of halogens is 1. The van der Waals surface area contributed by atoms with Gasteiger partial charge in [-0.05, 0) is 24.1 Å². The molecule has 2 aromatic carbocycles. The van der Waals surface area contributed by atoms with E-state index in [4.69, 9.17) is 4.74 Å². The van der Waals surface area contributed by atoms with Crippen LogP contribution in [0.15, 0.2) is 54.6 Å². The molecule has 0 aromatic heterocycles. The van der Waals surface area contributed by atoms with Crippen LogP contribution in [0.4, 0.5) is 14.9 Å². The van der Waals surface area contributed by atoms with Gasteiger partial charge in [0.1, 0.15) is 6.61 Å². The lowest BCUT2D eigenvalue weighted by molar-refractivity contribution is -0.387. The molecule has 0 aliphatic rings. The molecule has 6 nitrogen and oxygen atoms in total. The van der Waals surface area contributed by atoms with Crippen LogP contribution < -0.4 is 5.32 Å². The molecule has 0 radical (unpaired) electrons. The Morgan fingerprint density at radius 2 is 1.96 bits per heavy atom. The van der Waals surface area contributed by atoms with Gasteiger partial charge >= 0.3 is 11.8 Å². The second-order valence-corrected chi connectivity index (χ2v) is 5.11. The maximum atomic E-state index is 13.5. The van der Waals surface area contributed by atoms with Crippen LogP contribution in [0.1, 0.15) is 17.5 Å². The summed E-state index contributed by atoms with van der Waals surface area (Å²) in [6.45, 7) is 0.477. The third kappa shape index (κ3) is 5.72. The lowest BCUT2D eigenvalue weighted by Crippen LogP contribution is -2.24. The topological polar surface area (TPSA) is 81.5 Å². The van der Waals surface area contributed by atoms with Gasteiger partial charge in [-0.25, -0.2) is 4.79 Å². The molecule has 130 valence electrons. The molecule has 0 aliphatic carbocycles. The first-order valence-corrected chi connectivity index (χ1v) is 7.62. The van der Waals surface area contributed by atoms with E-state index < -0.39 is 22.5 Å². The van der Waals surface area contributed by atoms with Gasteiger partial charge in [-0.3, -0.25) is 10.1 Å². The molecule has 7 heteroatoms. The highest BCUT2D eigenvalue weighted by molar-refractivity contribution is 5.67. The first kappa shape index (κ1) is 18.1. The zero-order valence-electron chi connectivity index (χ0n) is 13.4. The number of carbonyl (C=O) groups is 1. The molecule has 1 N–H and O–H groups in total. The predicted octanol–water partition coefficient (Wildman–Crippen LogP) is 4.06. The maximum Gasteiger partial charge on any atom is 0.407 e. The van der Waals surface area contributed by atoms with E-state index in [1.165, 1.54) is 18.2 Å². The first-order valence-electron chi connectivity index (χ1n) is 7.62. The van der Waals surface area contributed by atoms with Crippen molar-refractivity contribution in [1.29, 1.82) is 0 Å². The number of hydrogen-bond acceptors (Lipinski definition) is 4. The van der Waals surface area contributed by atoms with Crippen molar-refractivity contribution < 1.29 is 18.8 Å². The van der Waals surface area contributed by atoms with Gasteiger partial charge in [-0.15, -0.1) is 0 Å². The van der Waals surface area contributed by atoms with Crippen LogP contribution in [0.25, 0.3) is 6.08 Å². The summed E-state index contributed by atoms with van der Waals surface area (Å²) in [6.07, 6.45) is 2.96. The van der Waals surface area contributed by atoms with E-state index in [1.807, 2.05) is 30.3 Å². The lowest BCUT2D eigenvalue weighted by atomic mass is 10.1. The number of carbonyl (C=O) groups excluding carboxylic acids is 1. The van der Waals surface area contributed by atoms with Crippen LogP contribution in [0.3, 0.4) is 0 Å². The molecular weight excluding hydrogens is 327 g/mol. The second-order valence-electron chi connectivity index (χ2n) is 5.11. The first-order chi connectivity index (χ1) is 12.1. The number of nitro benzene ring substituents is 1. The number of rotatable bonds is 7. The molecule has 0 unspecified atom stereocenters. The number of nitrogens with one attached hydrogen (secondary N) is 1. The molecule has 0 saturated carbocycles. The molecule has 2 rings (SSSR count). The molecule has 0 saturated heterocycles. The average Bonchev–Trinajstić information content (AvgIpc) is 2.60. The van der Waals surface area contributed by atoms with Gasteiger partial charge < -0.3 is 10.1 Å². The molecular formula is C18H17FN2O4. The second kappa shape index (κ2) is 9.17. The largest absolute Gasteiger partial charge is 0.445 e. The molecule has 0 heterocycles. The van der Waals surface area contributed by atoms with E-state index in [0.29, 0.717) is 13.0 Å². The Hall–Kier alpha value is -3.22. The van der Waals surface area contributed by atoms with Gasteiger partial charge in [0.15, 0.2) is 0 Å². The summed E-state index contributed by atoms with van der Waals surface area (Å²) >= 11 is 0. The fraction of sp³-hybridized carbons (Fsp3) is 0.167. The number of hydrogen-bond donors (Lipinski definition) is 1. The Kier molecular flexibility index (Phi) is 6.65. The fourth-order valence-corrected chi connectivity index (χ4v) is 2.10. The summed E-state index contributed by atoms with van der Waals surface area (Å²) in [5.41, 5.74) is 0.501. The summed E-state index contributed by atoms with van der Waals surface area (Å²) < 4.78 is 18.5. The number of nitrogens with zero attached hydrogens (tertiary/aromatic N) is 1. The van der Waals surface area contributed by atoms with Crippen LogP contribution in [0.5, 0.6) is 0 Å². The van der Waals surface area contributed by atoms with Crippen molar-refractivity contribution >= 4 is 17.9 Å². The number of ether oxygens (including phenoxy) is 1. The standard InChI is InChI=1S/C18H17FN2O4/c19-16-11-6-10-15(17(16)21(23)24)9-4-5-12-20-18(22)25-13-14-7-2-1-3-8-14/h1-4,6-11H,5,12-13H2,(H,20,22). The van der Waals surface area contributed by atoms with E-state index in [1.54, 1.807) is 6.08 Å². The molecule has 0 atom stereocenters. The highest BCUT2D eigenvalue weighted by Gasteiger charge is 2.17. The highest BCUT2D eigenvalue weighted by Crippen LogP contribution is 2.23. The summed E-state index contributed by atoms with van der Waals surface area (Å²) in [6, 6.07) is 13.2. The Balaban J connectivity index is 1.76. The monoisotopic (exact) mass is 344 g/mol. The number of para-hydroxylation sites is 1.